The van der Waals surface area contributed by atoms with E-state index in [1.165, 1.54) is 10.8 Å². The van der Waals surface area contributed by atoms with Gasteiger partial charge in [0.05, 0.1) is 39.2 Å². The van der Waals surface area contributed by atoms with Crippen LogP contribution in [0.15, 0.2) is 75.7 Å². The number of nitrogens with one attached hydrogen (secondary N) is 1. The van der Waals surface area contributed by atoms with Crippen LogP contribution in [0.25, 0.3) is 16.6 Å². The molecule has 1 aromatic heterocycles. The summed E-state index contributed by atoms with van der Waals surface area (Å²) in [6.07, 6.45) is 1.39. The van der Waals surface area contributed by atoms with Gasteiger partial charge in [-0.3, -0.25) is 14.2 Å². The summed E-state index contributed by atoms with van der Waals surface area (Å²) < 4.78 is 8.32. The predicted molar refractivity (Wildman–Crippen MR) is 154 cm³/mol. The lowest BCUT2D eigenvalue weighted by molar-refractivity contribution is -0.118. The van der Waals surface area contributed by atoms with Gasteiger partial charge in [0.2, 0.25) is 0 Å². The van der Waals surface area contributed by atoms with E-state index in [2.05, 4.69) is 38.1 Å². The molecule has 0 saturated carbocycles. The fourth-order valence-corrected chi connectivity index (χ4v) is 5.88. The fraction of sp³-hybridized carbons (Fsp3) is 0.0833. The summed E-state index contributed by atoms with van der Waals surface area (Å²) in [6.45, 7) is 0. The van der Waals surface area contributed by atoms with Crippen LogP contribution >= 0.6 is 56.9 Å². The highest BCUT2D eigenvalue weighted by Crippen LogP contribution is 2.26. The molecular formula is C24H18I2N4O4S. The number of hydrogen-bond donors (Lipinski definition) is 2. The molecule has 4 rings (SSSR count). The molecule has 1 amide bonds. The molecule has 11 heteroatoms. The monoisotopic (exact) mass is 712 g/mol. The van der Waals surface area contributed by atoms with Crippen LogP contribution in [-0.4, -0.2) is 39.6 Å². The van der Waals surface area contributed by atoms with Crippen molar-refractivity contribution >= 4 is 80.0 Å². The molecule has 0 unspecified atom stereocenters. The first-order valence-electron chi connectivity index (χ1n) is 10.2. The average Bonchev–Trinajstić information content (AvgIpc) is 2.86. The van der Waals surface area contributed by atoms with Crippen molar-refractivity contribution in [2.24, 2.45) is 5.10 Å². The molecule has 178 valence electrons. The number of nitrogens with zero attached hydrogens (tertiary/aromatic N) is 3. The Morgan fingerprint density at radius 3 is 2.69 bits per heavy atom. The number of carbonyl (C=O) groups excluding carboxylic acids is 1. The number of benzene rings is 3. The highest BCUT2D eigenvalue weighted by atomic mass is 127. The number of aromatic nitrogens is 2. The Morgan fingerprint density at radius 1 is 1.20 bits per heavy atom. The summed E-state index contributed by atoms with van der Waals surface area (Å²) in [4.78, 5) is 30.4. The standard InChI is InChI=1S/C24H18I2N4O4S/c1-34-17-8-6-16(7-9-17)30-23(33)18-4-2-3-5-20(18)28-24(30)35-13-21(31)29-27-12-14-10-15(25)11-19(26)22(14)32/h2-12,32H,13H2,1H3,(H,29,31)/b27-12+. The van der Waals surface area contributed by atoms with Crippen LogP contribution in [0.3, 0.4) is 0 Å². The quantitative estimate of drug-likeness (QED) is 0.0959. The molecule has 0 bridgehead atoms. The summed E-state index contributed by atoms with van der Waals surface area (Å²) in [5.74, 6) is 0.363. The van der Waals surface area contributed by atoms with E-state index >= 15 is 0 Å². The van der Waals surface area contributed by atoms with Crippen molar-refractivity contribution in [2.45, 2.75) is 5.16 Å². The van der Waals surface area contributed by atoms with Gasteiger partial charge in [-0.2, -0.15) is 5.10 Å². The van der Waals surface area contributed by atoms with Crippen LogP contribution in [0.5, 0.6) is 11.5 Å². The van der Waals surface area contributed by atoms with E-state index in [1.807, 2.05) is 34.7 Å². The number of methoxy groups -OCH3 is 1. The van der Waals surface area contributed by atoms with E-state index < -0.39 is 0 Å². The molecule has 0 atom stereocenters. The Labute approximate surface area is 232 Å². The second kappa shape index (κ2) is 11.4. The number of phenolic OH excluding ortho intramolecular Hbond substituents is 1. The van der Waals surface area contributed by atoms with Gasteiger partial charge in [-0.1, -0.05) is 23.9 Å². The number of amides is 1. The van der Waals surface area contributed by atoms with Crippen molar-refractivity contribution in [1.82, 2.24) is 15.0 Å². The van der Waals surface area contributed by atoms with E-state index in [1.54, 1.807) is 55.6 Å². The molecule has 2 N–H and O–H groups in total. The third-order valence-corrected chi connectivity index (χ3v) is 7.24. The Kier molecular flexibility index (Phi) is 8.28. The first kappa shape index (κ1) is 25.4. The second-order valence-corrected chi connectivity index (χ2v) is 10.5. The molecule has 0 aliphatic heterocycles. The van der Waals surface area contributed by atoms with Crippen molar-refractivity contribution in [1.29, 1.82) is 0 Å². The molecule has 4 aromatic rings. The molecule has 0 radical (unpaired) electrons. The minimum atomic E-state index is -0.380. The number of phenols is 1. The largest absolute Gasteiger partial charge is 0.506 e. The highest BCUT2D eigenvalue weighted by molar-refractivity contribution is 14.1. The van der Waals surface area contributed by atoms with Crippen LogP contribution < -0.4 is 15.7 Å². The number of halogens is 2. The maximum absolute atomic E-state index is 13.3. The van der Waals surface area contributed by atoms with Crippen LogP contribution in [0.1, 0.15) is 5.56 Å². The Bertz CT molecular complexity index is 1490. The van der Waals surface area contributed by atoms with Crippen molar-refractivity contribution in [3.05, 3.63) is 83.7 Å². The van der Waals surface area contributed by atoms with Gasteiger partial charge in [0.15, 0.2) is 5.16 Å². The SMILES string of the molecule is COc1ccc(-n2c(SCC(=O)N/N=C/c3cc(I)cc(I)c3O)nc3ccccc3c2=O)cc1. The predicted octanol–water partition coefficient (Wildman–Crippen LogP) is 4.55. The molecule has 0 aliphatic carbocycles. The van der Waals surface area contributed by atoms with Crippen LogP contribution in [0.2, 0.25) is 0 Å². The maximum Gasteiger partial charge on any atom is 0.266 e. The Balaban J connectivity index is 1.56. The van der Waals surface area contributed by atoms with E-state index in [0.29, 0.717) is 36.6 Å². The zero-order valence-electron chi connectivity index (χ0n) is 18.2. The molecule has 0 spiro atoms. The lowest BCUT2D eigenvalue weighted by Crippen LogP contribution is -2.24. The number of hydrazone groups is 1. The number of aromatic hydroxyl groups is 1. The van der Waals surface area contributed by atoms with Crippen LogP contribution in [0.4, 0.5) is 0 Å². The minimum Gasteiger partial charge on any atom is -0.506 e. The molecule has 0 fully saturated rings. The summed E-state index contributed by atoms with van der Waals surface area (Å²) >= 11 is 5.30. The summed E-state index contributed by atoms with van der Waals surface area (Å²) in [5.41, 5.74) is 3.88. The Hall–Kier alpha value is -2.65. The van der Waals surface area contributed by atoms with Crippen LogP contribution in [-0.2, 0) is 4.79 Å². The molecule has 1 heterocycles. The second-order valence-electron chi connectivity index (χ2n) is 7.16. The minimum absolute atomic E-state index is 0.0197. The number of hydrogen-bond acceptors (Lipinski definition) is 7. The third-order valence-electron chi connectivity index (χ3n) is 4.86. The van der Waals surface area contributed by atoms with Gasteiger partial charge in [-0.05, 0) is 93.7 Å². The molecule has 35 heavy (non-hydrogen) atoms. The van der Waals surface area contributed by atoms with E-state index in [0.717, 1.165) is 15.3 Å². The van der Waals surface area contributed by atoms with Crippen molar-refractivity contribution < 1.29 is 14.6 Å². The molecule has 8 nitrogen and oxygen atoms in total. The van der Waals surface area contributed by atoms with Crippen molar-refractivity contribution in [2.75, 3.05) is 12.9 Å². The first-order chi connectivity index (χ1) is 16.9. The molecule has 3 aromatic carbocycles. The first-order valence-corrected chi connectivity index (χ1v) is 13.3. The molecule has 0 saturated heterocycles. The van der Waals surface area contributed by atoms with Crippen molar-refractivity contribution in [3.8, 4) is 17.2 Å². The van der Waals surface area contributed by atoms with Gasteiger partial charge in [-0.15, -0.1) is 0 Å². The third kappa shape index (κ3) is 5.95. The zero-order valence-corrected chi connectivity index (χ0v) is 23.4. The van der Waals surface area contributed by atoms with E-state index in [4.69, 9.17) is 4.74 Å². The average molecular weight is 712 g/mol. The number of ether oxygens (including phenoxy) is 1. The van der Waals surface area contributed by atoms with E-state index in [-0.39, 0.29) is 23.0 Å². The van der Waals surface area contributed by atoms with Gasteiger partial charge >= 0.3 is 0 Å². The van der Waals surface area contributed by atoms with Crippen molar-refractivity contribution in [3.63, 3.8) is 0 Å². The zero-order chi connectivity index (χ0) is 24.9. The number of rotatable bonds is 7. The normalized spacial score (nSPS) is 11.2. The number of para-hydroxylation sites is 1. The number of carbonyl (C=O) groups is 1. The summed E-state index contributed by atoms with van der Waals surface area (Å²) in [6, 6.07) is 17.7. The summed E-state index contributed by atoms with van der Waals surface area (Å²) in [7, 11) is 1.57. The van der Waals surface area contributed by atoms with Crippen LogP contribution in [0, 0.1) is 7.14 Å². The molecular weight excluding hydrogens is 694 g/mol. The Morgan fingerprint density at radius 2 is 1.94 bits per heavy atom. The number of thioether (sulfide) groups is 1. The van der Waals surface area contributed by atoms with Gasteiger partial charge in [0, 0.05) is 9.13 Å². The summed E-state index contributed by atoms with van der Waals surface area (Å²) in [5, 5.41) is 15.0. The topological polar surface area (TPSA) is 106 Å². The van der Waals surface area contributed by atoms with Gasteiger partial charge in [-0.25, -0.2) is 10.4 Å². The lowest BCUT2D eigenvalue weighted by atomic mass is 10.2. The van der Waals surface area contributed by atoms with Gasteiger partial charge in [0.25, 0.3) is 11.5 Å². The highest BCUT2D eigenvalue weighted by Gasteiger charge is 2.15. The fourth-order valence-electron chi connectivity index (χ4n) is 3.19. The van der Waals surface area contributed by atoms with Gasteiger partial charge < -0.3 is 9.84 Å². The molecule has 0 aliphatic rings. The smallest absolute Gasteiger partial charge is 0.266 e. The van der Waals surface area contributed by atoms with E-state index in [9.17, 15) is 14.7 Å². The lowest BCUT2D eigenvalue weighted by Gasteiger charge is -2.13. The van der Waals surface area contributed by atoms with Gasteiger partial charge in [0.1, 0.15) is 11.5 Å². The maximum atomic E-state index is 13.3. The number of fused-ring (bicyclic) bond motifs is 1.